The molecule has 0 unspecified atom stereocenters. The third-order valence-electron chi connectivity index (χ3n) is 6.80. The topological polar surface area (TPSA) is 121 Å². The number of carbonyl (C=O) groups is 2. The Kier molecular flexibility index (Phi) is 7.71. The summed E-state index contributed by atoms with van der Waals surface area (Å²) in [6.07, 6.45) is 7.66. The van der Waals surface area contributed by atoms with Crippen LogP contribution in [0, 0.1) is 12.8 Å². The van der Waals surface area contributed by atoms with Gasteiger partial charge in [-0.3, -0.25) is 14.3 Å². The van der Waals surface area contributed by atoms with E-state index in [4.69, 9.17) is 14.2 Å². The second kappa shape index (κ2) is 11.5. The SMILES string of the molecule is COc1nccc(OC2CC(C(=O)Nc3cnn(CC(=O)N4CCC[C@H](Oc5ccc(C)cc5)C4)c3)C2)n1. The Morgan fingerprint density at radius 3 is 2.71 bits per heavy atom. The normalized spacial score (nSPS) is 20.8. The van der Waals surface area contributed by atoms with E-state index in [0.29, 0.717) is 37.5 Å². The minimum Gasteiger partial charge on any atom is -0.489 e. The lowest BCUT2D eigenvalue weighted by Gasteiger charge is -2.33. The highest BCUT2D eigenvalue weighted by Crippen LogP contribution is 2.32. The predicted molar refractivity (Wildman–Crippen MR) is 138 cm³/mol. The summed E-state index contributed by atoms with van der Waals surface area (Å²) in [5.74, 6) is 0.966. The fourth-order valence-corrected chi connectivity index (χ4v) is 4.60. The molecular weight excluding hydrogens is 488 g/mol. The number of ether oxygens (including phenoxy) is 3. The van der Waals surface area contributed by atoms with E-state index in [0.717, 1.165) is 18.6 Å². The fraction of sp³-hybridized carbons (Fsp3) is 0.444. The van der Waals surface area contributed by atoms with Crippen molar-refractivity contribution in [3.63, 3.8) is 0 Å². The molecule has 0 bridgehead atoms. The summed E-state index contributed by atoms with van der Waals surface area (Å²) in [6, 6.07) is 9.85. The van der Waals surface area contributed by atoms with Gasteiger partial charge >= 0.3 is 6.01 Å². The van der Waals surface area contributed by atoms with Crippen molar-refractivity contribution in [2.75, 3.05) is 25.5 Å². The van der Waals surface area contributed by atoms with Crippen molar-refractivity contribution in [1.82, 2.24) is 24.6 Å². The minimum atomic E-state index is -0.160. The molecule has 0 radical (unpaired) electrons. The van der Waals surface area contributed by atoms with Gasteiger partial charge in [0.2, 0.25) is 17.7 Å². The molecule has 38 heavy (non-hydrogen) atoms. The molecule has 3 aromatic rings. The van der Waals surface area contributed by atoms with Gasteiger partial charge in [0.15, 0.2) is 0 Å². The number of aromatic nitrogens is 4. The summed E-state index contributed by atoms with van der Waals surface area (Å²) in [6.45, 7) is 3.39. The highest BCUT2D eigenvalue weighted by Gasteiger charge is 2.36. The van der Waals surface area contributed by atoms with Crippen LogP contribution in [0.2, 0.25) is 0 Å². The second-order valence-corrected chi connectivity index (χ2v) is 9.74. The summed E-state index contributed by atoms with van der Waals surface area (Å²) in [4.78, 5) is 35.5. The summed E-state index contributed by atoms with van der Waals surface area (Å²) in [5, 5.41) is 7.15. The number of methoxy groups -OCH3 is 1. The van der Waals surface area contributed by atoms with Crippen LogP contribution < -0.4 is 19.5 Å². The van der Waals surface area contributed by atoms with E-state index in [9.17, 15) is 9.59 Å². The van der Waals surface area contributed by atoms with E-state index in [2.05, 4.69) is 20.4 Å². The minimum absolute atomic E-state index is 0.0245. The maximum atomic E-state index is 12.9. The first-order valence-corrected chi connectivity index (χ1v) is 12.8. The Labute approximate surface area is 221 Å². The molecule has 2 aromatic heterocycles. The average Bonchev–Trinajstić information content (AvgIpc) is 3.34. The van der Waals surface area contributed by atoms with Crippen molar-refractivity contribution in [1.29, 1.82) is 0 Å². The van der Waals surface area contributed by atoms with Crippen LogP contribution in [0.5, 0.6) is 17.6 Å². The molecule has 1 N–H and O–H groups in total. The number of aryl methyl sites for hydroxylation is 1. The number of piperidine rings is 1. The molecule has 1 aliphatic carbocycles. The number of hydrogen-bond acceptors (Lipinski definition) is 8. The van der Waals surface area contributed by atoms with Crippen molar-refractivity contribution in [3.8, 4) is 17.6 Å². The number of nitrogens with zero attached hydrogens (tertiary/aromatic N) is 5. The molecule has 1 saturated heterocycles. The van der Waals surface area contributed by atoms with Crippen molar-refractivity contribution in [2.24, 2.45) is 5.92 Å². The van der Waals surface area contributed by atoms with Gasteiger partial charge in [0.05, 0.1) is 25.5 Å². The highest BCUT2D eigenvalue weighted by atomic mass is 16.5. The molecule has 2 aliphatic rings. The van der Waals surface area contributed by atoms with E-state index in [-0.39, 0.29) is 42.5 Å². The van der Waals surface area contributed by atoms with E-state index in [1.165, 1.54) is 12.7 Å². The fourth-order valence-electron chi connectivity index (χ4n) is 4.60. The average molecular weight is 521 g/mol. The summed E-state index contributed by atoms with van der Waals surface area (Å²) < 4.78 is 18.4. The van der Waals surface area contributed by atoms with Gasteiger partial charge in [0.1, 0.15) is 24.5 Å². The second-order valence-electron chi connectivity index (χ2n) is 9.74. The molecule has 3 heterocycles. The number of carbonyl (C=O) groups excluding carboxylic acids is 2. The molecule has 11 nitrogen and oxygen atoms in total. The zero-order chi connectivity index (χ0) is 26.5. The van der Waals surface area contributed by atoms with Gasteiger partial charge in [0.25, 0.3) is 0 Å². The van der Waals surface area contributed by atoms with Crippen molar-refractivity contribution >= 4 is 17.5 Å². The first-order chi connectivity index (χ1) is 18.4. The van der Waals surface area contributed by atoms with E-state index < -0.39 is 0 Å². The molecule has 0 spiro atoms. The van der Waals surface area contributed by atoms with Gasteiger partial charge in [-0.25, -0.2) is 4.98 Å². The largest absolute Gasteiger partial charge is 0.489 e. The van der Waals surface area contributed by atoms with Crippen LogP contribution in [0.15, 0.2) is 48.9 Å². The quantitative estimate of drug-likeness (QED) is 0.457. The lowest BCUT2D eigenvalue weighted by molar-refractivity contribution is -0.134. The van der Waals surface area contributed by atoms with Crippen LogP contribution in [0.1, 0.15) is 31.2 Å². The van der Waals surface area contributed by atoms with E-state index in [1.807, 2.05) is 36.1 Å². The molecule has 1 saturated carbocycles. The van der Waals surface area contributed by atoms with E-state index >= 15 is 0 Å². The molecule has 2 amide bonds. The first kappa shape index (κ1) is 25.5. The number of likely N-dealkylation sites (tertiary alicyclic amines) is 1. The molecule has 1 aromatic carbocycles. The maximum Gasteiger partial charge on any atom is 0.319 e. The number of amides is 2. The van der Waals surface area contributed by atoms with Gasteiger partial charge in [0, 0.05) is 30.9 Å². The molecule has 5 rings (SSSR count). The monoisotopic (exact) mass is 520 g/mol. The third kappa shape index (κ3) is 6.39. The molecule has 200 valence electrons. The van der Waals surface area contributed by atoms with E-state index in [1.54, 1.807) is 29.3 Å². The van der Waals surface area contributed by atoms with Crippen LogP contribution in [0.4, 0.5) is 5.69 Å². The van der Waals surface area contributed by atoms with Crippen LogP contribution in [0.25, 0.3) is 0 Å². The number of hydrogen-bond donors (Lipinski definition) is 1. The Balaban J connectivity index is 1.06. The molecule has 2 fully saturated rings. The van der Waals surface area contributed by atoms with Crippen molar-refractivity contribution in [3.05, 3.63) is 54.5 Å². The number of nitrogens with one attached hydrogen (secondary N) is 1. The van der Waals surface area contributed by atoms with Crippen LogP contribution in [-0.2, 0) is 16.1 Å². The Hall–Kier alpha value is -4.15. The summed E-state index contributed by atoms with van der Waals surface area (Å²) in [5.41, 5.74) is 1.74. The molecule has 11 heteroatoms. The molecular formula is C27H32N6O5. The Bertz CT molecular complexity index is 1260. The zero-order valence-electron chi connectivity index (χ0n) is 21.6. The molecule has 1 aliphatic heterocycles. The third-order valence-corrected chi connectivity index (χ3v) is 6.80. The smallest absolute Gasteiger partial charge is 0.319 e. The predicted octanol–water partition coefficient (Wildman–Crippen LogP) is 2.86. The Morgan fingerprint density at radius 2 is 1.92 bits per heavy atom. The lowest BCUT2D eigenvalue weighted by atomic mass is 9.81. The number of benzene rings is 1. The summed E-state index contributed by atoms with van der Waals surface area (Å²) >= 11 is 0. The van der Waals surface area contributed by atoms with Crippen molar-refractivity contribution in [2.45, 2.75) is 51.4 Å². The first-order valence-electron chi connectivity index (χ1n) is 12.8. The van der Waals surface area contributed by atoms with Crippen molar-refractivity contribution < 1.29 is 23.8 Å². The number of rotatable bonds is 9. The van der Waals surface area contributed by atoms with Crippen LogP contribution >= 0.6 is 0 Å². The van der Waals surface area contributed by atoms with Gasteiger partial charge in [-0.2, -0.15) is 10.1 Å². The summed E-state index contributed by atoms with van der Waals surface area (Å²) in [7, 11) is 1.49. The van der Waals surface area contributed by atoms with Gasteiger partial charge < -0.3 is 24.4 Å². The van der Waals surface area contributed by atoms with Gasteiger partial charge in [-0.05, 0) is 44.7 Å². The zero-order valence-corrected chi connectivity index (χ0v) is 21.6. The molecule has 1 atom stereocenters. The highest BCUT2D eigenvalue weighted by molar-refractivity contribution is 5.93. The van der Waals surface area contributed by atoms with Gasteiger partial charge in [-0.15, -0.1) is 0 Å². The standard InChI is InChI=1S/C27H32N6O5/c1-18-5-7-21(8-6-18)37-22-4-3-11-32(16-22)25(34)17-33-15-20(14-29-33)30-26(35)19-12-23(13-19)38-24-9-10-28-27(31-24)36-2/h5-10,14-15,19,22-23H,3-4,11-13,16-17H2,1-2H3,(H,30,35)/t19?,22-,23?/m0/s1. The Morgan fingerprint density at radius 1 is 1.11 bits per heavy atom. The van der Waals surface area contributed by atoms with Crippen LogP contribution in [0.3, 0.4) is 0 Å². The van der Waals surface area contributed by atoms with Crippen LogP contribution in [-0.4, -0.2) is 68.9 Å². The maximum absolute atomic E-state index is 12.9. The number of anilines is 1. The lowest BCUT2D eigenvalue weighted by Crippen LogP contribution is -2.45. The van der Waals surface area contributed by atoms with Gasteiger partial charge in [-0.1, -0.05) is 17.7 Å².